The SMILES string of the molecule is CC(C)(C)[Si](C)(C)OC1CC[C@H]2[C@@H]3CC=C4NC(=O)CC[C@]4(C)[C@@H]3CC[C@]12C. The zero-order valence-corrected chi connectivity index (χ0v) is 20.2. The van der Waals surface area contributed by atoms with Gasteiger partial charge in [-0.1, -0.05) is 40.7 Å². The normalized spacial score (nSPS) is 43.5. The zero-order valence-electron chi connectivity index (χ0n) is 19.2. The van der Waals surface area contributed by atoms with E-state index in [4.69, 9.17) is 4.43 Å². The Bertz CT molecular complexity index is 693. The number of allylic oxidation sites excluding steroid dienone is 2. The fourth-order valence-corrected chi connectivity index (χ4v) is 8.32. The molecule has 3 fully saturated rings. The Morgan fingerprint density at radius 2 is 1.82 bits per heavy atom. The van der Waals surface area contributed by atoms with Crippen LogP contribution in [0.5, 0.6) is 0 Å². The summed E-state index contributed by atoms with van der Waals surface area (Å²) in [5.74, 6) is 2.47. The minimum absolute atomic E-state index is 0.177. The van der Waals surface area contributed by atoms with Crippen LogP contribution in [0.3, 0.4) is 0 Å². The van der Waals surface area contributed by atoms with Crippen LogP contribution in [-0.4, -0.2) is 20.3 Å². The number of rotatable bonds is 2. The third kappa shape index (κ3) is 2.96. The summed E-state index contributed by atoms with van der Waals surface area (Å²) < 4.78 is 7.03. The fourth-order valence-electron chi connectivity index (χ4n) is 6.87. The van der Waals surface area contributed by atoms with Crippen molar-refractivity contribution in [3.8, 4) is 0 Å². The van der Waals surface area contributed by atoms with E-state index in [1.54, 1.807) is 0 Å². The van der Waals surface area contributed by atoms with Crippen molar-refractivity contribution >= 4 is 14.2 Å². The number of fused-ring (bicyclic) bond motifs is 5. The lowest BCUT2D eigenvalue weighted by atomic mass is 9.50. The molecule has 1 aliphatic heterocycles. The van der Waals surface area contributed by atoms with Crippen molar-refractivity contribution in [2.45, 2.75) is 104 Å². The quantitative estimate of drug-likeness (QED) is 0.572. The highest BCUT2D eigenvalue weighted by molar-refractivity contribution is 6.74. The van der Waals surface area contributed by atoms with Gasteiger partial charge in [-0.3, -0.25) is 4.79 Å². The van der Waals surface area contributed by atoms with E-state index in [0.717, 1.165) is 30.6 Å². The summed E-state index contributed by atoms with van der Waals surface area (Å²) in [6.45, 7) is 16.9. The minimum Gasteiger partial charge on any atom is -0.413 e. The summed E-state index contributed by atoms with van der Waals surface area (Å²) in [5, 5.41) is 3.49. The second-order valence-electron chi connectivity index (χ2n) is 12.2. The summed E-state index contributed by atoms with van der Waals surface area (Å²) in [6, 6.07) is 0. The number of hydrogen-bond donors (Lipinski definition) is 1. The summed E-state index contributed by atoms with van der Waals surface area (Å²) in [6.07, 6.45) is 10.8. The Balaban J connectivity index is 1.58. The lowest BCUT2D eigenvalue weighted by Crippen LogP contribution is -2.55. The van der Waals surface area contributed by atoms with Gasteiger partial charge in [-0.05, 0) is 79.8 Å². The molecule has 0 bridgehead atoms. The molecule has 0 aromatic carbocycles. The standard InChI is InChI=1S/C24H41NO2Si/c1-22(2,3)28(6,7)27-20-11-9-17-16-8-10-19-23(4,15-13-21(26)25-19)18(16)12-14-24(17,20)5/h10,16-18,20H,8-9,11-15H2,1-7H3,(H,25,26)/t16-,17-,18+,20?,23+,24-/m0/s1. The van der Waals surface area contributed by atoms with Gasteiger partial charge in [0.2, 0.25) is 5.91 Å². The molecule has 158 valence electrons. The molecule has 1 heterocycles. The highest BCUT2D eigenvalue weighted by Gasteiger charge is 2.60. The minimum atomic E-state index is -1.75. The van der Waals surface area contributed by atoms with Gasteiger partial charge in [-0.2, -0.15) is 0 Å². The zero-order chi connectivity index (χ0) is 20.5. The number of amides is 1. The van der Waals surface area contributed by atoms with E-state index in [2.05, 4.69) is 59.1 Å². The van der Waals surface area contributed by atoms with Crippen LogP contribution in [0.15, 0.2) is 11.8 Å². The summed E-state index contributed by atoms with van der Waals surface area (Å²) in [4.78, 5) is 11.9. The van der Waals surface area contributed by atoms with Crippen LogP contribution in [0.25, 0.3) is 0 Å². The first-order valence-corrected chi connectivity index (χ1v) is 14.5. The van der Waals surface area contributed by atoms with Gasteiger partial charge in [-0.25, -0.2) is 0 Å². The average molecular weight is 404 g/mol. The third-order valence-electron chi connectivity index (χ3n) is 9.77. The molecular weight excluding hydrogens is 362 g/mol. The van der Waals surface area contributed by atoms with E-state index in [1.807, 2.05) is 0 Å². The number of carbonyl (C=O) groups excluding carboxylic acids is 1. The molecule has 3 aliphatic carbocycles. The van der Waals surface area contributed by atoms with Crippen LogP contribution in [-0.2, 0) is 9.22 Å². The molecule has 4 rings (SSSR count). The topological polar surface area (TPSA) is 38.3 Å². The van der Waals surface area contributed by atoms with Crippen molar-refractivity contribution in [1.82, 2.24) is 5.32 Å². The molecule has 1 amide bonds. The van der Waals surface area contributed by atoms with Crippen molar-refractivity contribution in [1.29, 1.82) is 0 Å². The van der Waals surface area contributed by atoms with E-state index in [-0.39, 0.29) is 16.4 Å². The highest BCUT2D eigenvalue weighted by Crippen LogP contribution is 2.64. The molecule has 28 heavy (non-hydrogen) atoms. The predicted molar refractivity (Wildman–Crippen MR) is 117 cm³/mol. The van der Waals surface area contributed by atoms with Crippen molar-refractivity contribution in [3.63, 3.8) is 0 Å². The van der Waals surface area contributed by atoms with Crippen LogP contribution in [0, 0.1) is 28.6 Å². The number of nitrogens with one attached hydrogen (secondary N) is 1. The molecule has 2 saturated carbocycles. The Morgan fingerprint density at radius 1 is 1.11 bits per heavy atom. The fraction of sp³-hybridized carbons (Fsp3) is 0.875. The monoisotopic (exact) mass is 403 g/mol. The highest BCUT2D eigenvalue weighted by atomic mass is 28.4. The molecule has 0 aromatic rings. The van der Waals surface area contributed by atoms with Crippen LogP contribution in [0.4, 0.5) is 0 Å². The summed E-state index contributed by atoms with van der Waals surface area (Å²) in [5.41, 5.74) is 1.74. The van der Waals surface area contributed by atoms with Crippen molar-refractivity contribution in [3.05, 3.63) is 11.8 Å². The lowest BCUT2D eigenvalue weighted by Gasteiger charge is -2.57. The van der Waals surface area contributed by atoms with Crippen LogP contribution >= 0.6 is 0 Å². The molecule has 1 saturated heterocycles. The van der Waals surface area contributed by atoms with Crippen molar-refractivity contribution in [2.24, 2.45) is 28.6 Å². The smallest absolute Gasteiger partial charge is 0.224 e. The molecule has 0 spiro atoms. The second kappa shape index (κ2) is 6.44. The van der Waals surface area contributed by atoms with E-state index in [1.165, 1.54) is 31.4 Å². The Hall–Kier alpha value is -0.613. The van der Waals surface area contributed by atoms with Crippen LogP contribution in [0.1, 0.15) is 79.6 Å². The van der Waals surface area contributed by atoms with Gasteiger partial charge in [-0.15, -0.1) is 0 Å². The Kier molecular flexibility index (Phi) is 4.75. The van der Waals surface area contributed by atoms with Gasteiger partial charge in [0.25, 0.3) is 0 Å². The first-order valence-electron chi connectivity index (χ1n) is 11.6. The van der Waals surface area contributed by atoms with Gasteiger partial charge in [0.05, 0.1) is 6.10 Å². The van der Waals surface area contributed by atoms with Gasteiger partial charge in [0.1, 0.15) is 0 Å². The maximum Gasteiger partial charge on any atom is 0.224 e. The van der Waals surface area contributed by atoms with E-state index in [0.29, 0.717) is 17.9 Å². The van der Waals surface area contributed by atoms with Crippen molar-refractivity contribution in [2.75, 3.05) is 0 Å². The number of piperidine rings is 1. The molecule has 1 N–H and O–H groups in total. The van der Waals surface area contributed by atoms with E-state index >= 15 is 0 Å². The van der Waals surface area contributed by atoms with Crippen LogP contribution in [0.2, 0.25) is 18.1 Å². The molecule has 4 aliphatic rings. The Labute approximate surface area is 173 Å². The molecule has 6 atom stereocenters. The molecule has 4 heteroatoms. The number of hydrogen-bond acceptors (Lipinski definition) is 2. The van der Waals surface area contributed by atoms with E-state index < -0.39 is 8.32 Å². The molecule has 3 nitrogen and oxygen atoms in total. The maximum absolute atomic E-state index is 11.9. The molecule has 0 aromatic heterocycles. The van der Waals surface area contributed by atoms with Gasteiger partial charge in [0, 0.05) is 17.5 Å². The predicted octanol–water partition coefficient (Wildman–Crippen LogP) is 6.02. The first kappa shape index (κ1) is 20.7. The lowest BCUT2D eigenvalue weighted by molar-refractivity contribution is -0.125. The molecule has 0 radical (unpaired) electrons. The summed E-state index contributed by atoms with van der Waals surface area (Å²) >= 11 is 0. The maximum atomic E-state index is 11.9. The van der Waals surface area contributed by atoms with Crippen molar-refractivity contribution < 1.29 is 9.22 Å². The first-order chi connectivity index (χ1) is 12.9. The molecular formula is C24H41NO2Si. The van der Waals surface area contributed by atoms with Gasteiger partial charge >= 0.3 is 0 Å². The Morgan fingerprint density at radius 3 is 2.50 bits per heavy atom. The molecule has 1 unspecified atom stereocenters. The van der Waals surface area contributed by atoms with Crippen LogP contribution < -0.4 is 5.32 Å². The van der Waals surface area contributed by atoms with Gasteiger partial charge < -0.3 is 9.74 Å². The average Bonchev–Trinajstić information content (AvgIpc) is 2.91. The van der Waals surface area contributed by atoms with E-state index in [9.17, 15) is 4.79 Å². The number of carbonyl (C=O) groups is 1. The van der Waals surface area contributed by atoms with Gasteiger partial charge in [0.15, 0.2) is 8.32 Å². The third-order valence-corrected chi connectivity index (χ3v) is 14.3. The largest absolute Gasteiger partial charge is 0.413 e. The summed E-state index contributed by atoms with van der Waals surface area (Å²) in [7, 11) is -1.75. The second-order valence-corrected chi connectivity index (χ2v) is 16.9.